The molecule has 1 saturated heterocycles. The van der Waals surface area contributed by atoms with E-state index in [2.05, 4.69) is 36.1 Å². The summed E-state index contributed by atoms with van der Waals surface area (Å²) < 4.78 is 13.6. The van der Waals surface area contributed by atoms with E-state index in [1.165, 1.54) is 23.3 Å². The molecule has 1 aliphatic rings. The van der Waals surface area contributed by atoms with Crippen molar-refractivity contribution in [2.24, 2.45) is 5.73 Å². The number of carbonyl (C=O) groups is 1. The Bertz CT molecular complexity index is 968. The number of piperazine rings is 1. The van der Waals surface area contributed by atoms with Crippen LogP contribution in [0, 0.1) is 12.7 Å². The molecule has 1 heterocycles. The van der Waals surface area contributed by atoms with Gasteiger partial charge >= 0.3 is 0 Å². The number of benzene rings is 3. The van der Waals surface area contributed by atoms with Gasteiger partial charge in [0.1, 0.15) is 5.82 Å². The van der Waals surface area contributed by atoms with Crippen molar-refractivity contribution in [3.63, 3.8) is 0 Å². The smallest absolute Gasteiger partial charge is 0.239 e. The molecule has 0 saturated carbocycles. The average Bonchev–Trinajstić information content (AvgIpc) is 2.82. The second-order valence-corrected chi connectivity index (χ2v) is 8.52. The molecule has 4 nitrogen and oxygen atoms in total. The summed E-state index contributed by atoms with van der Waals surface area (Å²) in [5.74, 6) is -0.235. The lowest BCUT2D eigenvalue weighted by molar-refractivity contribution is -0.134. The minimum Gasteiger partial charge on any atom is -0.339 e. The topological polar surface area (TPSA) is 49.6 Å². The molecular weight excluding hydrogens is 401 g/mol. The molecule has 1 aliphatic heterocycles. The SMILES string of the molecule is Cc1ccc(C(c2ccc(F)cc2)N2CCN(C(=O)[C@@H](N)Cc3ccccc3)CC2)cc1. The number of nitrogens with two attached hydrogens (primary N) is 1. The summed E-state index contributed by atoms with van der Waals surface area (Å²) in [6.07, 6.45) is 0.543. The number of nitrogens with zero attached hydrogens (tertiary/aromatic N) is 2. The van der Waals surface area contributed by atoms with Gasteiger partial charge in [-0.1, -0.05) is 72.3 Å². The zero-order valence-corrected chi connectivity index (χ0v) is 18.5. The van der Waals surface area contributed by atoms with E-state index in [1.54, 1.807) is 0 Å². The highest BCUT2D eigenvalue weighted by molar-refractivity contribution is 5.82. The summed E-state index contributed by atoms with van der Waals surface area (Å²) in [5.41, 5.74) is 10.7. The monoisotopic (exact) mass is 431 g/mol. The second-order valence-electron chi connectivity index (χ2n) is 8.52. The average molecular weight is 432 g/mol. The van der Waals surface area contributed by atoms with Crippen LogP contribution in [-0.4, -0.2) is 47.9 Å². The zero-order chi connectivity index (χ0) is 22.5. The van der Waals surface area contributed by atoms with Crippen LogP contribution in [0.25, 0.3) is 0 Å². The molecule has 3 aromatic carbocycles. The fraction of sp³-hybridized carbons (Fsp3) is 0.296. The highest BCUT2D eigenvalue weighted by atomic mass is 19.1. The van der Waals surface area contributed by atoms with Crippen LogP contribution in [-0.2, 0) is 11.2 Å². The first-order valence-corrected chi connectivity index (χ1v) is 11.2. The van der Waals surface area contributed by atoms with Gasteiger partial charge in [-0.15, -0.1) is 0 Å². The summed E-state index contributed by atoms with van der Waals surface area (Å²) in [4.78, 5) is 17.2. The molecule has 0 radical (unpaired) electrons. The fourth-order valence-corrected chi connectivity index (χ4v) is 4.40. The summed E-state index contributed by atoms with van der Waals surface area (Å²) in [7, 11) is 0. The van der Waals surface area contributed by atoms with Crippen LogP contribution in [0.4, 0.5) is 4.39 Å². The van der Waals surface area contributed by atoms with Crippen LogP contribution < -0.4 is 5.73 Å². The first-order chi connectivity index (χ1) is 15.5. The van der Waals surface area contributed by atoms with Crippen LogP contribution in [0.15, 0.2) is 78.9 Å². The van der Waals surface area contributed by atoms with Crippen molar-refractivity contribution in [2.45, 2.75) is 25.4 Å². The molecule has 32 heavy (non-hydrogen) atoms. The van der Waals surface area contributed by atoms with E-state index in [0.717, 1.165) is 24.2 Å². The lowest BCUT2D eigenvalue weighted by Gasteiger charge is -2.40. The quantitative estimate of drug-likeness (QED) is 0.643. The van der Waals surface area contributed by atoms with Gasteiger partial charge in [-0.2, -0.15) is 0 Å². The van der Waals surface area contributed by atoms with E-state index in [-0.39, 0.29) is 17.8 Å². The zero-order valence-electron chi connectivity index (χ0n) is 18.5. The molecule has 2 N–H and O–H groups in total. The Morgan fingerprint density at radius 3 is 2.03 bits per heavy atom. The molecule has 1 amide bonds. The third-order valence-electron chi connectivity index (χ3n) is 6.19. The first-order valence-electron chi connectivity index (χ1n) is 11.2. The van der Waals surface area contributed by atoms with Crippen LogP contribution in [0.5, 0.6) is 0 Å². The molecule has 0 spiro atoms. The maximum absolute atomic E-state index is 13.6. The lowest BCUT2D eigenvalue weighted by atomic mass is 9.95. The number of hydrogen-bond acceptors (Lipinski definition) is 3. The van der Waals surface area contributed by atoms with E-state index in [1.807, 2.05) is 47.4 Å². The molecule has 5 heteroatoms. The number of aryl methyl sites for hydroxylation is 1. The summed E-state index contributed by atoms with van der Waals surface area (Å²) in [6, 6.07) is 24.6. The standard InChI is InChI=1S/C27H30FN3O/c1-20-7-9-22(10-8-20)26(23-11-13-24(28)14-12-23)30-15-17-31(18-16-30)27(32)25(29)19-21-5-3-2-4-6-21/h2-14,25-26H,15-19,29H2,1H3/t25-,26?/m0/s1. The van der Waals surface area contributed by atoms with Gasteiger partial charge in [0.05, 0.1) is 12.1 Å². The fourth-order valence-electron chi connectivity index (χ4n) is 4.40. The van der Waals surface area contributed by atoms with E-state index in [9.17, 15) is 9.18 Å². The van der Waals surface area contributed by atoms with Gasteiger partial charge in [0, 0.05) is 26.2 Å². The molecule has 0 bridgehead atoms. The number of carbonyl (C=O) groups excluding carboxylic acids is 1. The number of halogens is 1. The Morgan fingerprint density at radius 1 is 0.875 bits per heavy atom. The number of amides is 1. The maximum atomic E-state index is 13.6. The molecule has 166 valence electrons. The summed E-state index contributed by atoms with van der Waals surface area (Å²) in [5, 5.41) is 0. The van der Waals surface area contributed by atoms with Crippen molar-refractivity contribution in [3.05, 3.63) is 107 Å². The normalized spacial score (nSPS) is 16.5. The lowest BCUT2D eigenvalue weighted by Crippen LogP contribution is -2.54. The van der Waals surface area contributed by atoms with Crippen molar-refractivity contribution in [2.75, 3.05) is 26.2 Å². The van der Waals surface area contributed by atoms with E-state index < -0.39 is 6.04 Å². The molecule has 0 aromatic heterocycles. The first kappa shape index (κ1) is 22.2. The van der Waals surface area contributed by atoms with Crippen molar-refractivity contribution in [1.82, 2.24) is 9.80 Å². The molecular formula is C27H30FN3O. The van der Waals surface area contributed by atoms with Crippen LogP contribution in [0.1, 0.15) is 28.3 Å². The highest BCUT2D eigenvalue weighted by Crippen LogP contribution is 2.30. The van der Waals surface area contributed by atoms with Gasteiger partial charge in [0.15, 0.2) is 0 Å². The largest absolute Gasteiger partial charge is 0.339 e. The van der Waals surface area contributed by atoms with E-state index in [4.69, 9.17) is 5.73 Å². The molecule has 2 atom stereocenters. The van der Waals surface area contributed by atoms with Crippen molar-refractivity contribution in [1.29, 1.82) is 0 Å². The minimum absolute atomic E-state index is 0.00201. The predicted molar refractivity (Wildman–Crippen MR) is 126 cm³/mol. The van der Waals surface area contributed by atoms with E-state index >= 15 is 0 Å². The Labute approximate surface area is 189 Å². The van der Waals surface area contributed by atoms with Crippen molar-refractivity contribution < 1.29 is 9.18 Å². The molecule has 0 aliphatic carbocycles. The minimum atomic E-state index is -0.533. The number of hydrogen-bond donors (Lipinski definition) is 1. The van der Waals surface area contributed by atoms with Crippen LogP contribution in [0.2, 0.25) is 0 Å². The Hall–Kier alpha value is -3.02. The van der Waals surface area contributed by atoms with Crippen LogP contribution >= 0.6 is 0 Å². The Kier molecular flexibility index (Phi) is 6.98. The van der Waals surface area contributed by atoms with Gasteiger partial charge < -0.3 is 10.6 Å². The molecule has 3 aromatic rings. The Balaban J connectivity index is 1.45. The summed E-state index contributed by atoms with van der Waals surface area (Å²) in [6.45, 7) is 4.80. The Morgan fingerprint density at radius 2 is 1.44 bits per heavy atom. The second kappa shape index (κ2) is 10.1. The van der Waals surface area contributed by atoms with Crippen LogP contribution in [0.3, 0.4) is 0 Å². The molecule has 1 fully saturated rings. The summed E-state index contributed by atoms with van der Waals surface area (Å²) >= 11 is 0. The molecule has 4 rings (SSSR count). The third kappa shape index (κ3) is 5.23. The van der Waals surface area contributed by atoms with Gasteiger partial charge in [0.2, 0.25) is 5.91 Å². The van der Waals surface area contributed by atoms with Crippen molar-refractivity contribution >= 4 is 5.91 Å². The predicted octanol–water partition coefficient (Wildman–Crippen LogP) is 3.94. The van der Waals surface area contributed by atoms with Gasteiger partial charge in [0.25, 0.3) is 0 Å². The highest BCUT2D eigenvalue weighted by Gasteiger charge is 2.30. The van der Waals surface area contributed by atoms with Gasteiger partial charge in [-0.3, -0.25) is 9.69 Å². The van der Waals surface area contributed by atoms with Crippen molar-refractivity contribution in [3.8, 4) is 0 Å². The molecule has 1 unspecified atom stereocenters. The number of rotatable bonds is 6. The van der Waals surface area contributed by atoms with Gasteiger partial charge in [-0.25, -0.2) is 4.39 Å². The van der Waals surface area contributed by atoms with Gasteiger partial charge in [-0.05, 0) is 42.2 Å². The maximum Gasteiger partial charge on any atom is 0.239 e. The van der Waals surface area contributed by atoms with E-state index in [0.29, 0.717) is 19.5 Å². The third-order valence-corrected chi connectivity index (χ3v) is 6.19.